The summed E-state index contributed by atoms with van der Waals surface area (Å²) in [5.41, 5.74) is 5.83. The van der Waals surface area contributed by atoms with E-state index in [2.05, 4.69) is 13.5 Å². The number of rotatable bonds is 2. The SMILES string of the molecule is C=CC(=O)[C]1CCC(N)C(C)C1. The Morgan fingerprint density at radius 2 is 2.42 bits per heavy atom. The number of carbonyl (C=O) groups excluding carboxylic acids is 1. The molecule has 0 heterocycles. The number of carbonyl (C=O) groups is 1. The van der Waals surface area contributed by atoms with Gasteiger partial charge in [0.2, 0.25) is 0 Å². The molecule has 1 aliphatic rings. The van der Waals surface area contributed by atoms with Crippen LogP contribution in [0.25, 0.3) is 0 Å². The highest BCUT2D eigenvalue weighted by molar-refractivity contribution is 6.00. The van der Waals surface area contributed by atoms with Crippen molar-refractivity contribution in [3.8, 4) is 0 Å². The fraction of sp³-hybridized carbons (Fsp3) is 0.600. The highest BCUT2D eigenvalue weighted by Gasteiger charge is 2.28. The Hall–Kier alpha value is -0.630. The van der Waals surface area contributed by atoms with Gasteiger partial charge in [-0.2, -0.15) is 0 Å². The maximum atomic E-state index is 11.2. The fourth-order valence-electron chi connectivity index (χ4n) is 1.64. The average Bonchev–Trinajstić information content (AvgIpc) is 2.08. The van der Waals surface area contributed by atoms with Crippen molar-refractivity contribution in [2.24, 2.45) is 11.7 Å². The Labute approximate surface area is 73.8 Å². The van der Waals surface area contributed by atoms with Crippen molar-refractivity contribution in [3.63, 3.8) is 0 Å². The van der Waals surface area contributed by atoms with E-state index in [0.29, 0.717) is 5.92 Å². The molecule has 1 aliphatic carbocycles. The third-order valence-corrected chi connectivity index (χ3v) is 2.61. The molecule has 1 fully saturated rings. The van der Waals surface area contributed by atoms with E-state index in [1.54, 1.807) is 0 Å². The molecule has 0 aliphatic heterocycles. The van der Waals surface area contributed by atoms with Crippen molar-refractivity contribution >= 4 is 5.78 Å². The highest BCUT2D eigenvalue weighted by atomic mass is 16.1. The Kier molecular flexibility index (Phi) is 3.04. The van der Waals surface area contributed by atoms with Crippen LogP contribution >= 0.6 is 0 Å². The molecule has 0 amide bonds. The van der Waals surface area contributed by atoms with Gasteiger partial charge in [-0.15, -0.1) is 0 Å². The highest BCUT2D eigenvalue weighted by Crippen LogP contribution is 2.30. The van der Waals surface area contributed by atoms with Gasteiger partial charge in [0.1, 0.15) is 0 Å². The van der Waals surface area contributed by atoms with Crippen LogP contribution in [0.4, 0.5) is 0 Å². The third kappa shape index (κ3) is 1.95. The summed E-state index contributed by atoms with van der Waals surface area (Å²) in [6, 6.07) is 0.270. The molecule has 0 aromatic carbocycles. The van der Waals surface area contributed by atoms with Crippen LogP contribution in [0.3, 0.4) is 0 Å². The number of allylic oxidation sites excluding steroid dienone is 1. The van der Waals surface area contributed by atoms with Crippen molar-refractivity contribution in [1.29, 1.82) is 0 Å². The normalized spacial score (nSPS) is 31.5. The lowest BCUT2D eigenvalue weighted by Crippen LogP contribution is -2.35. The van der Waals surface area contributed by atoms with E-state index >= 15 is 0 Å². The molecule has 0 aromatic heterocycles. The minimum Gasteiger partial charge on any atom is -0.327 e. The van der Waals surface area contributed by atoms with Crippen molar-refractivity contribution in [1.82, 2.24) is 0 Å². The zero-order valence-electron chi connectivity index (χ0n) is 7.55. The van der Waals surface area contributed by atoms with E-state index in [0.717, 1.165) is 25.2 Å². The van der Waals surface area contributed by atoms with E-state index in [-0.39, 0.29) is 11.8 Å². The minimum absolute atomic E-state index is 0.105. The molecule has 2 atom stereocenters. The first-order valence-electron chi connectivity index (χ1n) is 4.42. The molecule has 0 bridgehead atoms. The number of ketones is 1. The van der Waals surface area contributed by atoms with Crippen LogP contribution in [-0.2, 0) is 4.79 Å². The van der Waals surface area contributed by atoms with Gasteiger partial charge in [0.15, 0.2) is 5.78 Å². The number of nitrogens with two attached hydrogens (primary N) is 1. The molecule has 1 saturated carbocycles. The van der Waals surface area contributed by atoms with Gasteiger partial charge in [0, 0.05) is 12.0 Å². The molecule has 1 rings (SSSR count). The topological polar surface area (TPSA) is 43.1 Å². The molecule has 2 unspecified atom stereocenters. The predicted octanol–water partition coefficient (Wildman–Crippen LogP) is 1.46. The molecule has 2 nitrogen and oxygen atoms in total. The van der Waals surface area contributed by atoms with E-state index in [1.807, 2.05) is 0 Å². The molecule has 2 N–H and O–H groups in total. The van der Waals surface area contributed by atoms with E-state index in [1.165, 1.54) is 6.08 Å². The van der Waals surface area contributed by atoms with Gasteiger partial charge < -0.3 is 5.73 Å². The van der Waals surface area contributed by atoms with E-state index < -0.39 is 0 Å². The molecule has 12 heavy (non-hydrogen) atoms. The molecular formula is C10H16NO. The summed E-state index contributed by atoms with van der Waals surface area (Å²) in [6.45, 7) is 5.58. The molecular weight excluding hydrogens is 150 g/mol. The molecule has 0 aromatic rings. The van der Waals surface area contributed by atoms with Gasteiger partial charge in [-0.05, 0) is 31.3 Å². The van der Waals surface area contributed by atoms with Crippen molar-refractivity contribution < 1.29 is 4.79 Å². The second kappa shape index (κ2) is 3.85. The fourth-order valence-corrected chi connectivity index (χ4v) is 1.64. The van der Waals surface area contributed by atoms with Gasteiger partial charge >= 0.3 is 0 Å². The van der Waals surface area contributed by atoms with Crippen LogP contribution in [0.1, 0.15) is 26.2 Å². The molecule has 0 spiro atoms. The van der Waals surface area contributed by atoms with Gasteiger partial charge in [0.05, 0.1) is 0 Å². The van der Waals surface area contributed by atoms with Gasteiger partial charge in [-0.3, -0.25) is 4.79 Å². The largest absolute Gasteiger partial charge is 0.327 e. The number of hydrogen-bond donors (Lipinski definition) is 1. The minimum atomic E-state index is 0.105. The molecule has 1 radical (unpaired) electrons. The van der Waals surface area contributed by atoms with Crippen molar-refractivity contribution in [2.75, 3.05) is 0 Å². The first kappa shape index (κ1) is 9.46. The lowest BCUT2D eigenvalue weighted by Gasteiger charge is -2.29. The number of hydrogen-bond acceptors (Lipinski definition) is 2. The van der Waals surface area contributed by atoms with E-state index in [9.17, 15) is 4.79 Å². The molecule has 2 heteroatoms. The Balaban J connectivity index is 2.50. The standard InChI is InChI=1S/C10H16NO/c1-3-10(12)8-4-5-9(11)7(2)6-8/h3,7,9H,1,4-6,11H2,2H3. The monoisotopic (exact) mass is 166 g/mol. The second-order valence-electron chi connectivity index (χ2n) is 3.56. The van der Waals surface area contributed by atoms with Crippen molar-refractivity contribution in [2.45, 2.75) is 32.2 Å². The summed E-state index contributed by atoms with van der Waals surface area (Å²) in [4.78, 5) is 11.2. The van der Waals surface area contributed by atoms with Gasteiger partial charge in [-0.1, -0.05) is 13.5 Å². The first-order chi connectivity index (χ1) is 5.65. The first-order valence-corrected chi connectivity index (χ1v) is 4.42. The Morgan fingerprint density at radius 3 is 2.92 bits per heavy atom. The lowest BCUT2D eigenvalue weighted by atomic mass is 9.77. The van der Waals surface area contributed by atoms with Crippen LogP contribution in [0, 0.1) is 11.8 Å². The summed E-state index contributed by atoms with van der Waals surface area (Å²) in [5, 5.41) is 0. The van der Waals surface area contributed by atoms with E-state index in [4.69, 9.17) is 5.73 Å². The summed E-state index contributed by atoms with van der Waals surface area (Å²) in [7, 11) is 0. The lowest BCUT2D eigenvalue weighted by molar-refractivity contribution is -0.113. The maximum absolute atomic E-state index is 11.2. The smallest absolute Gasteiger partial charge is 0.162 e. The Morgan fingerprint density at radius 1 is 1.75 bits per heavy atom. The van der Waals surface area contributed by atoms with Crippen LogP contribution in [0.15, 0.2) is 12.7 Å². The zero-order valence-corrected chi connectivity index (χ0v) is 7.55. The van der Waals surface area contributed by atoms with Crippen LogP contribution in [0.2, 0.25) is 0 Å². The van der Waals surface area contributed by atoms with Crippen LogP contribution in [0.5, 0.6) is 0 Å². The molecule has 67 valence electrons. The average molecular weight is 166 g/mol. The quantitative estimate of drug-likeness (QED) is 0.631. The summed E-state index contributed by atoms with van der Waals surface area (Å²) in [5.74, 6) is 1.55. The zero-order chi connectivity index (χ0) is 9.14. The summed E-state index contributed by atoms with van der Waals surface area (Å²) < 4.78 is 0. The Bertz CT molecular complexity index is 188. The van der Waals surface area contributed by atoms with Crippen LogP contribution in [-0.4, -0.2) is 11.8 Å². The van der Waals surface area contributed by atoms with Crippen LogP contribution < -0.4 is 5.73 Å². The predicted molar refractivity (Wildman–Crippen MR) is 49.4 cm³/mol. The summed E-state index contributed by atoms with van der Waals surface area (Å²) >= 11 is 0. The third-order valence-electron chi connectivity index (χ3n) is 2.61. The van der Waals surface area contributed by atoms with Crippen molar-refractivity contribution in [3.05, 3.63) is 18.6 Å². The second-order valence-corrected chi connectivity index (χ2v) is 3.56. The van der Waals surface area contributed by atoms with Gasteiger partial charge in [0.25, 0.3) is 0 Å². The van der Waals surface area contributed by atoms with Gasteiger partial charge in [-0.25, -0.2) is 0 Å². The summed E-state index contributed by atoms with van der Waals surface area (Å²) in [6.07, 6.45) is 4.05. The molecule has 0 saturated heterocycles. The maximum Gasteiger partial charge on any atom is 0.162 e.